The highest BCUT2D eigenvalue weighted by Crippen LogP contribution is 2.15. The zero-order valence-corrected chi connectivity index (χ0v) is 5.89. The molecule has 0 fully saturated rings. The third-order valence-corrected chi connectivity index (χ3v) is 1.03. The Labute approximate surface area is 54.9 Å². The van der Waals surface area contributed by atoms with E-state index in [0.29, 0.717) is 12.8 Å². The molecule has 3 heteroatoms. The molecular formula is C6H14FNO. The second-order valence-corrected chi connectivity index (χ2v) is 2.82. The van der Waals surface area contributed by atoms with Crippen LogP contribution in [0.3, 0.4) is 0 Å². The van der Waals surface area contributed by atoms with Crippen LogP contribution in [-0.4, -0.2) is 17.0 Å². The van der Waals surface area contributed by atoms with Crippen LogP contribution in [0.4, 0.5) is 4.39 Å². The molecule has 0 aromatic rings. The third-order valence-electron chi connectivity index (χ3n) is 1.03. The van der Waals surface area contributed by atoms with Crippen LogP contribution in [0.5, 0.6) is 0 Å². The van der Waals surface area contributed by atoms with Crippen LogP contribution in [0.2, 0.25) is 0 Å². The lowest BCUT2D eigenvalue weighted by atomic mass is 10.0. The van der Waals surface area contributed by atoms with Crippen LogP contribution in [0.25, 0.3) is 0 Å². The Morgan fingerprint density at radius 1 is 1.67 bits per heavy atom. The van der Waals surface area contributed by atoms with Gasteiger partial charge in [0, 0.05) is 0 Å². The molecule has 1 unspecified atom stereocenters. The first-order valence-corrected chi connectivity index (χ1v) is 3.04. The lowest BCUT2D eigenvalue weighted by molar-refractivity contribution is 0.126. The summed E-state index contributed by atoms with van der Waals surface area (Å²) in [6.45, 7) is 2.94. The van der Waals surface area contributed by atoms with Crippen molar-refractivity contribution in [1.82, 2.24) is 0 Å². The minimum Gasteiger partial charge on any atom is -0.379 e. The van der Waals surface area contributed by atoms with Gasteiger partial charge < -0.3 is 10.8 Å². The molecule has 0 radical (unpaired) electrons. The standard InChI is InChI=1S/C6H14FNO/c1-6(2,7)4-3-5(8)9/h5,9H,3-4,8H2,1-2H3. The van der Waals surface area contributed by atoms with Gasteiger partial charge in [-0.25, -0.2) is 4.39 Å². The van der Waals surface area contributed by atoms with E-state index in [9.17, 15) is 4.39 Å². The summed E-state index contributed by atoms with van der Waals surface area (Å²) in [5.41, 5.74) is 3.78. The summed E-state index contributed by atoms with van der Waals surface area (Å²) in [6.07, 6.45) is -0.242. The predicted molar refractivity (Wildman–Crippen MR) is 34.6 cm³/mol. The number of hydrogen-bond acceptors (Lipinski definition) is 2. The zero-order valence-electron chi connectivity index (χ0n) is 5.89. The van der Waals surface area contributed by atoms with Crippen molar-refractivity contribution in [2.45, 2.75) is 38.6 Å². The fourth-order valence-electron chi connectivity index (χ4n) is 0.491. The number of hydrogen-bond donors (Lipinski definition) is 2. The maximum absolute atomic E-state index is 12.6. The monoisotopic (exact) mass is 135 g/mol. The average molecular weight is 135 g/mol. The summed E-state index contributed by atoms with van der Waals surface area (Å²) in [4.78, 5) is 0. The third kappa shape index (κ3) is 7.85. The first-order chi connectivity index (χ1) is 3.92. The van der Waals surface area contributed by atoms with Gasteiger partial charge in [-0.05, 0) is 26.7 Å². The molecule has 0 aliphatic carbocycles. The first-order valence-electron chi connectivity index (χ1n) is 3.04. The normalized spacial score (nSPS) is 15.7. The van der Waals surface area contributed by atoms with E-state index >= 15 is 0 Å². The highest BCUT2D eigenvalue weighted by molar-refractivity contribution is 4.66. The molecule has 0 saturated heterocycles. The highest BCUT2D eigenvalue weighted by atomic mass is 19.1. The molecule has 0 amide bonds. The van der Waals surface area contributed by atoms with Crippen molar-refractivity contribution in [3.05, 3.63) is 0 Å². The smallest absolute Gasteiger partial charge is 0.105 e. The Morgan fingerprint density at radius 3 is 2.22 bits per heavy atom. The molecule has 0 aliphatic rings. The van der Waals surface area contributed by atoms with Crippen LogP contribution in [0.1, 0.15) is 26.7 Å². The molecule has 9 heavy (non-hydrogen) atoms. The van der Waals surface area contributed by atoms with Crippen LogP contribution in [-0.2, 0) is 0 Å². The molecule has 0 aromatic heterocycles. The van der Waals surface area contributed by atoms with Crippen LogP contribution in [0.15, 0.2) is 0 Å². The molecule has 0 heterocycles. The number of aliphatic hydroxyl groups is 1. The number of nitrogens with two attached hydrogens (primary N) is 1. The maximum atomic E-state index is 12.6. The molecule has 0 rings (SSSR count). The Balaban J connectivity index is 3.28. The van der Waals surface area contributed by atoms with Crippen molar-refractivity contribution in [3.63, 3.8) is 0 Å². The summed E-state index contributed by atoms with van der Waals surface area (Å²) >= 11 is 0. The molecular weight excluding hydrogens is 121 g/mol. The molecule has 0 bridgehead atoms. The minimum absolute atomic E-state index is 0.310. The lowest BCUT2D eigenvalue weighted by Crippen LogP contribution is -2.23. The van der Waals surface area contributed by atoms with Gasteiger partial charge in [-0.15, -0.1) is 0 Å². The van der Waals surface area contributed by atoms with Crippen LogP contribution < -0.4 is 5.73 Å². The van der Waals surface area contributed by atoms with Crippen molar-refractivity contribution in [2.75, 3.05) is 0 Å². The van der Waals surface area contributed by atoms with Gasteiger partial charge >= 0.3 is 0 Å². The van der Waals surface area contributed by atoms with E-state index < -0.39 is 11.9 Å². The maximum Gasteiger partial charge on any atom is 0.105 e. The van der Waals surface area contributed by atoms with Gasteiger partial charge in [0.2, 0.25) is 0 Å². The molecule has 2 nitrogen and oxygen atoms in total. The van der Waals surface area contributed by atoms with Gasteiger partial charge in [-0.2, -0.15) is 0 Å². The molecule has 0 saturated carbocycles. The second kappa shape index (κ2) is 3.13. The fourth-order valence-corrected chi connectivity index (χ4v) is 0.491. The van der Waals surface area contributed by atoms with Crippen molar-refractivity contribution >= 4 is 0 Å². The molecule has 56 valence electrons. The Bertz CT molecular complexity index is 77.6. The fraction of sp³-hybridized carbons (Fsp3) is 1.00. The second-order valence-electron chi connectivity index (χ2n) is 2.82. The number of halogens is 1. The van der Waals surface area contributed by atoms with E-state index in [-0.39, 0.29) is 0 Å². The average Bonchev–Trinajstić information content (AvgIpc) is 1.59. The van der Waals surface area contributed by atoms with Crippen LogP contribution in [0, 0.1) is 0 Å². The van der Waals surface area contributed by atoms with Gasteiger partial charge in [0.1, 0.15) is 11.9 Å². The minimum atomic E-state index is -1.21. The molecule has 0 aromatic carbocycles. The Morgan fingerprint density at radius 2 is 2.11 bits per heavy atom. The summed E-state index contributed by atoms with van der Waals surface area (Å²) in [7, 11) is 0. The zero-order chi connectivity index (χ0) is 7.49. The molecule has 1 atom stereocenters. The predicted octanol–water partition coefficient (Wildman–Crippen LogP) is 0.792. The lowest BCUT2D eigenvalue weighted by Gasteiger charge is -2.14. The van der Waals surface area contributed by atoms with Crippen molar-refractivity contribution < 1.29 is 9.50 Å². The summed E-state index contributed by atoms with van der Waals surface area (Å²) in [5, 5.41) is 8.53. The summed E-state index contributed by atoms with van der Waals surface area (Å²) < 4.78 is 12.6. The SMILES string of the molecule is CC(C)(F)CCC(N)O. The van der Waals surface area contributed by atoms with E-state index in [4.69, 9.17) is 10.8 Å². The topological polar surface area (TPSA) is 46.2 Å². The number of rotatable bonds is 3. The van der Waals surface area contributed by atoms with E-state index in [1.54, 1.807) is 0 Å². The van der Waals surface area contributed by atoms with Crippen molar-refractivity contribution in [3.8, 4) is 0 Å². The van der Waals surface area contributed by atoms with Gasteiger partial charge in [0.05, 0.1) is 0 Å². The van der Waals surface area contributed by atoms with E-state index in [1.807, 2.05) is 0 Å². The van der Waals surface area contributed by atoms with Crippen LogP contribution >= 0.6 is 0 Å². The molecule has 3 N–H and O–H groups in total. The Hall–Kier alpha value is -0.150. The van der Waals surface area contributed by atoms with E-state index in [1.165, 1.54) is 13.8 Å². The first kappa shape index (κ1) is 8.85. The summed E-state index contributed by atoms with van der Waals surface area (Å²) in [6, 6.07) is 0. The van der Waals surface area contributed by atoms with Crippen molar-refractivity contribution in [2.24, 2.45) is 5.73 Å². The van der Waals surface area contributed by atoms with Gasteiger partial charge in [-0.3, -0.25) is 0 Å². The molecule has 0 aliphatic heterocycles. The largest absolute Gasteiger partial charge is 0.379 e. The number of alkyl halides is 1. The molecule has 0 spiro atoms. The van der Waals surface area contributed by atoms with E-state index in [2.05, 4.69) is 0 Å². The summed E-state index contributed by atoms with van der Waals surface area (Å²) in [5.74, 6) is 0. The van der Waals surface area contributed by atoms with Gasteiger partial charge in [0.15, 0.2) is 0 Å². The van der Waals surface area contributed by atoms with Gasteiger partial charge in [0.25, 0.3) is 0 Å². The Kier molecular flexibility index (Phi) is 3.08. The van der Waals surface area contributed by atoms with Crippen molar-refractivity contribution in [1.29, 1.82) is 0 Å². The van der Waals surface area contributed by atoms with E-state index in [0.717, 1.165) is 0 Å². The number of aliphatic hydroxyl groups excluding tert-OH is 1. The quantitative estimate of drug-likeness (QED) is 0.562. The van der Waals surface area contributed by atoms with Gasteiger partial charge in [-0.1, -0.05) is 0 Å². The highest BCUT2D eigenvalue weighted by Gasteiger charge is 2.15.